The molecule has 1 aromatic carbocycles. The largest absolute Gasteiger partial charge is 0.434 e. The smallest absolute Gasteiger partial charge is 0.298 e. The zero-order chi connectivity index (χ0) is 13.0. The molecule has 0 spiro atoms. The van der Waals surface area contributed by atoms with E-state index in [1.165, 1.54) is 0 Å². The van der Waals surface area contributed by atoms with Crippen LogP contribution in [0.15, 0.2) is 61.4 Å². The van der Waals surface area contributed by atoms with Crippen molar-refractivity contribution in [3.05, 3.63) is 67.0 Å². The second-order valence-corrected chi connectivity index (χ2v) is 4.34. The fraction of sp³-hybridized carbons (Fsp3) is 0.188. The van der Waals surface area contributed by atoms with Crippen molar-refractivity contribution >= 4 is 5.57 Å². The van der Waals surface area contributed by atoms with Gasteiger partial charge in [-0.3, -0.25) is 0 Å². The monoisotopic (exact) mass is 240 g/mol. The van der Waals surface area contributed by atoms with Gasteiger partial charge in [0.1, 0.15) is 5.75 Å². The molecule has 18 heavy (non-hydrogen) atoms. The quantitative estimate of drug-likeness (QED) is 0.744. The van der Waals surface area contributed by atoms with Crippen LogP contribution in [0.1, 0.15) is 25.6 Å². The Balaban J connectivity index is 2.08. The summed E-state index contributed by atoms with van der Waals surface area (Å²) in [4.78, 5) is 0. The van der Waals surface area contributed by atoms with E-state index in [4.69, 9.17) is 4.74 Å². The lowest BCUT2D eigenvalue weighted by atomic mass is 10.1. The van der Waals surface area contributed by atoms with Crippen molar-refractivity contribution < 1.29 is 9.30 Å². The summed E-state index contributed by atoms with van der Waals surface area (Å²) in [6.45, 7) is 7.94. The normalized spacial score (nSPS) is 11.9. The minimum absolute atomic E-state index is 0.0260. The van der Waals surface area contributed by atoms with Crippen molar-refractivity contribution in [1.82, 2.24) is 0 Å². The van der Waals surface area contributed by atoms with E-state index in [1.807, 2.05) is 73.3 Å². The maximum Gasteiger partial charge on any atom is 0.298 e. The predicted molar refractivity (Wildman–Crippen MR) is 73.1 cm³/mol. The summed E-state index contributed by atoms with van der Waals surface area (Å²) in [5.41, 5.74) is 2.20. The summed E-state index contributed by atoms with van der Waals surface area (Å²) in [6, 6.07) is 14.0. The van der Waals surface area contributed by atoms with Crippen LogP contribution in [0.5, 0.6) is 5.75 Å². The van der Waals surface area contributed by atoms with Gasteiger partial charge >= 0.3 is 0 Å². The van der Waals surface area contributed by atoms with Crippen LogP contribution in [-0.2, 0) is 0 Å². The maximum atomic E-state index is 5.87. The SMILES string of the molecule is C=C(C)c1ccc(OC(C)[n+]2ccccc2)cc1. The number of allylic oxidation sites excluding steroid dienone is 1. The number of hydrogen-bond acceptors (Lipinski definition) is 1. The first-order chi connectivity index (χ1) is 8.66. The predicted octanol–water partition coefficient (Wildman–Crippen LogP) is 3.60. The number of ether oxygens (including phenoxy) is 1. The minimum atomic E-state index is -0.0260. The molecule has 1 unspecified atom stereocenters. The van der Waals surface area contributed by atoms with Crippen molar-refractivity contribution in [2.75, 3.05) is 0 Å². The Morgan fingerprint density at radius 3 is 2.28 bits per heavy atom. The van der Waals surface area contributed by atoms with Crippen LogP contribution in [0.25, 0.3) is 5.57 Å². The highest BCUT2D eigenvalue weighted by Gasteiger charge is 2.12. The van der Waals surface area contributed by atoms with Gasteiger partial charge in [0.2, 0.25) is 0 Å². The standard InChI is InChI=1S/C16H18NO/c1-13(2)15-7-9-16(10-8-15)18-14(3)17-11-5-4-6-12-17/h4-12,14H,1H2,2-3H3/q+1. The number of benzene rings is 1. The third kappa shape index (κ3) is 2.98. The zero-order valence-electron chi connectivity index (χ0n) is 10.8. The first kappa shape index (κ1) is 12.4. The number of nitrogens with zero attached hydrogens (tertiary/aromatic N) is 1. The van der Waals surface area contributed by atoms with Gasteiger partial charge in [-0.25, -0.2) is 0 Å². The van der Waals surface area contributed by atoms with Gasteiger partial charge in [-0.2, -0.15) is 4.57 Å². The Bertz CT molecular complexity index is 517. The van der Waals surface area contributed by atoms with Crippen LogP contribution in [-0.4, -0.2) is 0 Å². The first-order valence-corrected chi connectivity index (χ1v) is 6.05. The Morgan fingerprint density at radius 2 is 1.72 bits per heavy atom. The topological polar surface area (TPSA) is 13.1 Å². The molecule has 0 N–H and O–H groups in total. The number of hydrogen-bond donors (Lipinski definition) is 0. The second kappa shape index (κ2) is 5.50. The van der Waals surface area contributed by atoms with Crippen molar-refractivity contribution in [2.45, 2.75) is 20.1 Å². The average Bonchev–Trinajstić information content (AvgIpc) is 2.40. The van der Waals surface area contributed by atoms with Gasteiger partial charge in [0.15, 0.2) is 12.4 Å². The molecule has 0 fully saturated rings. The Hall–Kier alpha value is -2.09. The fourth-order valence-electron chi connectivity index (χ4n) is 1.73. The van der Waals surface area contributed by atoms with Gasteiger partial charge in [0.05, 0.1) is 0 Å². The summed E-state index contributed by atoms with van der Waals surface area (Å²) in [6.07, 6.45) is 3.96. The van der Waals surface area contributed by atoms with Crippen molar-refractivity contribution in [2.24, 2.45) is 0 Å². The highest BCUT2D eigenvalue weighted by Crippen LogP contribution is 2.18. The van der Waals surface area contributed by atoms with Crippen LogP contribution < -0.4 is 9.30 Å². The molecule has 1 heterocycles. The first-order valence-electron chi connectivity index (χ1n) is 6.05. The van der Waals surface area contributed by atoms with E-state index in [0.29, 0.717) is 0 Å². The summed E-state index contributed by atoms with van der Waals surface area (Å²) in [7, 11) is 0. The maximum absolute atomic E-state index is 5.87. The van der Waals surface area contributed by atoms with E-state index in [0.717, 1.165) is 16.9 Å². The van der Waals surface area contributed by atoms with Crippen LogP contribution in [0.4, 0.5) is 0 Å². The highest BCUT2D eigenvalue weighted by molar-refractivity contribution is 5.61. The number of pyridine rings is 1. The number of rotatable bonds is 4. The summed E-state index contributed by atoms with van der Waals surface area (Å²) >= 11 is 0. The lowest BCUT2D eigenvalue weighted by Gasteiger charge is -2.10. The van der Waals surface area contributed by atoms with Crippen molar-refractivity contribution in [3.8, 4) is 5.75 Å². The molecule has 0 saturated heterocycles. The van der Waals surface area contributed by atoms with Gasteiger partial charge in [-0.1, -0.05) is 30.4 Å². The van der Waals surface area contributed by atoms with Gasteiger partial charge in [0, 0.05) is 19.1 Å². The van der Waals surface area contributed by atoms with E-state index in [9.17, 15) is 0 Å². The Labute approximate surface area is 108 Å². The van der Waals surface area contributed by atoms with Gasteiger partial charge < -0.3 is 4.74 Å². The van der Waals surface area contributed by atoms with E-state index in [2.05, 4.69) is 6.58 Å². The third-order valence-corrected chi connectivity index (χ3v) is 2.81. The van der Waals surface area contributed by atoms with E-state index < -0.39 is 0 Å². The van der Waals surface area contributed by atoms with Gasteiger partial charge in [-0.05, 0) is 24.6 Å². The summed E-state index contributed by atoms with van der Waals surface area (Å²) < 4.78 is 7.89. The molecule has 0 aliphatic rings. The molecule has 92 valence electrons. The molecule has 2 rings (SSSR count). The Morgan fingerprint density at radius 1 is 1.11 bits per heavy atom. The molecule has 2 aromatic rings. The second-order valence-electron chi connectivity index (χ2n) is 4.34. The summed E-state index contributed by atoms with van der Waals surface area (Å²) in [5, 5.41) is 0. The Kier molecular flexibility index (Phi) is 3.78. The minimum Gasteiger partial charge on any atom is -0.434 e. The van der Waals surface area contributed by atoms with Crippen molar-refractivity contribution in [3.63, 3.8) is 0 Å². The van der Waals surface area contributed by atoms with Crippen LogP contribution in [0, 0.1) is 0 Å². The van der Waals surface area contributed by atoms with Gasteiger partial charge in [0.25, 0.3) is 6.23 Å². The molecule has 0 aliphatic heterocycles. The fourth-order valence-corrected chi connectivity index (χ4v) is 1.73. The lowest BCUT2D eigenvalue weighted by molar-refractivity contribution is -0.750. The molecular weight excluding hydrogens is 222 g/mol. The molecule has 0 aliphatic carbocycles. The van der Waals surface area contributed by atoms with Crippen LogP contribution in [0.2, 0.25) is 0 Å². The van der Waals surface area contributed by atoms with Gasteiger partial charge in [-0.15, -0.1) is 0 Å². The van der Waals surface area contributed by atoms with Crippen LogP contribution in [0.3, 0.4) is 0 Å². The molecule has 2 heteroatoms. The average molecular weight is 240 g/mol. The van der Waals surface area contributed by atoms with Crippen molar-refractivity contribution in [1.29, 1.82) is 0 Å². The molecule has 0 radical (unpaired) electrons. The molecule has 0 bridgehead atoms. The third-order valence-electron chi connectivity index (χ3n) is 2.81. The zero-order valence-corrected chi connectivity index (χ0v) is 10.8. The summed E-state index contributed by atoms with van der Waals surface area (Å²) in [5.74, 6) is 0.865. The lowest BCUT2D eigenvalue weighted by Crippen LogP contribution is -2.39. The molecule has 2 nitrogen and oxygen atoms in total. The molecule has 1 aromatic heterocycles. The van der Waals surface area contributed by atoms with E-state index >= 15 is 0 Å². The molecule has 1 atom stereocenters. The van der Waals surface area contributed by atoms with Crippen LogP contribution >= 0.6 is 0 Å². The number of aromatic nitrogens is 1. The molecular formula is C16H18NO+. The van der Waals surface area contributed by atoms with E-state index in [1.54, 1.807) is 0 Å². The highest BCUT2D eigenvalue weighted by atomic mass is 16.5. The molecule has 0 saturated carbocycles. The molecule has 0 amide bonds. The van der Waals surface area contributed by atoms with E-state index in [-0.39, 0.29) is 6.23 Å².